The molecule has 4 rings (SSSR count). The molecule has 1 aliphatic heterocycles. The Morgan fingerprint density at radius 3 is 2.61 bits per heavy atom. The Bertz CT molecular complexity index is 973. The van der Waals surface area contributed by atoms with Crippen molar-refractivity contribution in [2.45, 2.75) is 57.1 Å². The number of aromatic nitrogens is 2. The molecule has 3 heterocycles. The van der Waals surface area contributed by atoms with E-state index in [9.17, 15) is 4.79 Å². The third kappa shape index (κ3) is 3.80. The molecule has 2 unspecified atom stereocenters. The number of nitrogens with zero attached hydrogens (tertiary/aromatic N) is 3. The van der Waals surface area contributed by atoms with Gasteiger partial charge in [0.15, 0.2) is 0 Å². The van der Waals surface area contributed by atoms with Gasteiger partial charge >= 0.3 is 0 Å². The third-order valence-corrected chi connectivity index (χ3v) is 7.37. The standard InChI is InChI=1S/C22H25N3OS2/c1-14-7-9-17(10-8-14)18-11-27-21-20(18)22(24-13-23-21)28-12-19(26)25-15(2)5-4-6-16(25)3/h7-11,13,15-16H,4-6,12H2,1-3H3. The molecule has 0 aliphatic carbocycles. The van der Waals surface area contributed by atoms with E-state index in [0.29, 0.717) is 17.8 Å². The Labute approximate surface area is 174 Å². The predicted octanol–water partition coefficient (Wildman–Crippen LogP) is 5.55. The topological polar surface area (TPSA) is 46.1 Å². The lowest BCUT2D eigenvalue weighted by atomic mass is 9.98. The van der Waals surface area contributed by atoms with Gasteiger partial charge in [0, 0.05) is 23.0 Å². The van der Waals surface area contributed by atoms with Crippen molar-refractivity contribution in [3.05, 3.63) is 41.5 Å². The van der Waals surface area contributed by atoms with Crippen molar-refractivity contribution in [2.75, 3.05) is 5.75 Å². The largest absolute Gasteiger partial charge is 0.337 e. The number of carbonyl (C=O) groups excluding carboxylic acids is 1. The fourth-order valence-electron chi connectivity index (χ4n) is 4.02. The van der Waals surface area contributed by atoms with Crippen LogP contribution >= 0.6 is 23.1 Å². The van der Waals surface area contributed by atoms with Crippen molar-refractivity contribution < 1.29 is 4.79 Å². The summed E-state index contributed by atoms with van der Waals surface area (Å²) in [7, 11) is 0. The summed E-state index contributed by atoms with van der Waals surface area (Å²) < 4.78 is 0. The maximum Gasteiger partial charge on any atom is 0.233 e. The summed E-state index contributed by atoms with van der Waals surface area (Å²) in [5, 5.41) is 4.10. The lowest BCUT2D eigenvalue weighted by Crippen LogP contribution is -2.48. The van der Waals surface area contributed by atoms with Gasteiger partial charge in [-0.3, -0.25) is 4.79 Å². The maximum atomic E-state index is 12.9. The monoisotopic (exact) mass is 411 g/mol. The van der Waals surface area contributed by atoms with Crippen molar-refractivity contribution >= 4 is 39.2 Å². The van der Waals surface area contributed by atoms with Gasteiger partial charge in [0.05, 0.1) is 11.1 Å². The highest BCUT2D eigenvalue weighted by Crippen LogP contribution is 2.38. The van der Waals surface area contributed by atoms with Gasteiger partial charge in [-0.15, -0.1) is 11.3 Å². The van der Waals surface area contributed by atoms with Crippen LogP contribution < -0.4 is 0 Å². The number of aryl methyl sites for hydroxylation is 1. The van der Waals surface area contributed by atoms with Gasteiger partial charge in [-0.05, 0) is 45.6 Å². The number of amides is 1. The number of thioether (sulfide) groups is 1. The summed E-state index contributed by atoms with van der Waals surface area (Å²) in [5.74, 6) is 0.632. The highest BCUT2D eigenvalue weighted by atomic mass is 32.2. The maximum absolute atomic E-state index is 12.9. The van der Waals surface area contributed by atoms with Gasteiger partial charge in [-0.2, -0.15) is 0 Å². The quantitative estimate of drug-likeness (QED) is 0.417. The van der Waals surface area contributed by atoms with Crippen LogP contribution in [0.2, 0.25) is 0 Å². The molecule has 2 atom stereocenters. The molecule has 0 saturated carbocycles. The Hall–Kier alpha value is -1.92. The second-order valence-corrected chi connectivity index (χ2v) is 9.42. The van der Waals surface area contributed by atoms with E-state index in [0.717, 1.165) is 39.2 Å². The second-order valence-electron chi connectivity index (χ2n) is 7.59. The molecule has 1 aliphatic rings. The average Bonchev–Trinajstić information content (AvgIpc) is 3.11. The summed E-state index contributed by atoms with van der Waals surface area (Å²) in [6, 6.07) is 9.18. The molecule has 4 nitrogen and oxygen atoms in total. The van der Waals surface area contributed by atoms with Crippen LogP contribution in [0, 0.1) is 6.92 Å². The Morgan fingerprint density at radius 1 is 1.18 bits per heavy atom. The normalized spacial score (nSPS) is 19.9. The van der Waals surface area contributed by atoms with Crippen molar-refractivity contribution in [2.24, 2.45) is 0 Å². The lowest BCUT2D eigenvalue weighted by molar-refractivity contribution is -0.134. The van der Waals surface area contributed by atoms with Crippen LogP contribution in [0.4, 0.5) is 0 Å². The van der Waals surface area contributed by atoms with Crippen molar-refractivity contribution in [3.63, 3.8) is 0 Å². The Morgan fingerprint density at radius 2 is 1.89 bits per heavy atom. The molecule has 1 saturated heterocycles. The van der Waals surface area contributed by atoms with Gasteiger partial charge in [-0.1, -0.05) is 41.6 Å². The first-order valence-corrected chi connectivity index (χ1v) is 11.6. The fraction of sp³-hybridized carbons (Fsp3) is 0.409. The summed E-state index contributed by atoms with van der Waals surface area (Å²) in [6.07, 6.45) is 5.01. The first-order chi connectivity index (χ1) is 13.5. The number of carbonyl (C=O) groups is 1. The van der Waals surface area contributed by atoms with Crippen LogP contribution in [0.5, 0.6) is 0 Å². The van der Waals surface area contributed by atoms with E-state index in [1.165, 1.54) is 23.7 Å². The van der Waals surface area contributed by atoms with Gasteiger partial charge in [0.2, 0.25) is 5.91 Å². The minimum atomic E-state index is 0.212. The van der Waals surface area contributed by atoms with Crippen molar-refractivity contribution in [3.8, 4) is 11.1 Å². The molecular weight excluding hydrogens is 386 g/mol. The molecule has 1 fully saturated rings. The fourth-order valence-corrected chi connectivity index (χ4v) is 5.88. The smallest absolute Gasteiger partial charge is 0.233 e. The van der Waals surface area contributed by atoms with Crippen molar-refractivity contribution in [1.82, 2.24) is 14.9 Å². The molecule has 1 amide bonds. The first-order valence-electron chi connectivity index (χ1n) is 9.78. The van der Waals surface area contributed by atoms with E-state index in [1.807, 2.05) is 0 Å². The highest BCUT2D eigenvalue weighted by molar-refractivity contribution is 8.00. The summed E-state index contributed by atoms with van der Waals surface area (Å²) in [6.45, 7) is 6.42. The van der Waals surface area contributed by atoms with Crippen LogP contribution in [0.15, 0.2) is 41.0 Å². The molecule has 28 heavy (non-hydrogen) atoms. The molecule has 3 aromatic rings. The van der Waals surface area contributed by atoms with E-state index in [4.69, 9.17) is 0 Å². The van der Waals surface area contributed by atoms with E-state index in [1.54, 1.807) is 17.7 Å². The van der Waals surface area contributed by atoms with Gasteiger partial charge < -0.3 is 4.90 Å². The van der Waals surface area contributed by atoms with Crippen molar-refractivity contribution in [1.29, 1.82) is 0 Å². The summed E-state index contributed by atoms with van der Waals surface area (Å²) in [4.78, 5) is 24.9. The molecule has 6 heteroatoms. The van der Waals surface area contributed by atoms with Crippen LogP contribution in [-0.4, -0.2) is 38.6 Å². The van der Waals surface area contributed by atoms with Crippen LogP contribution in [0.25, 0.3) is 21.3 Å². The Kier molecular flexibility index (Phi) is 5.69. The first kappa shape index (κ1) is 19.4. The number of hydrogen-bond acceptors (Lipinski definition) is 5. The zero-order valence-electron chi connectivity index (χ0n) is 16.5. The molecule has 0 N–H and O–H groups in total. The second kappa shape index (κ2) is 8.21. The van der Waals surface area contributed by atoms with Crippen LogP contribution in [-0.2, 0) is 4.79 Å². The molecule has 0 radical (unpaired) electrons. The van der Waals surface area contributed by atoms with E-state index in [-0.39, 0.29) is 5.91 Å². The number of rotatable bonds is 4. The average molecular weight is 412 g/mol. The van der Waals surface area contributed by atoms with E-state index >= 15 is 0 Å². The van der Waals surface area contributed by atoms with Crippen LogP contribution in [0.1, 0.15) is 38.7 Å². The van der Waals surface area contributed by atoms with Gasteiger partial charge in [0.1, 0.15) is 16.2 Å². The number of hydrogen-bond donors (Lipinski definition) is 0. The summed E-state index contributed by atoms with van der Waals surface area (Å²) in [5.41, 5.74) is 3.55. The molecule has 0 spiro atoms. The predicted molar refractivity (Wildman–Crippen MR) is 118 cm³/mol. The van der Waals surface area contributed by atoms with Gasteiger partial charge in [0.25, 0.3) is 0 Å². The van der Waals surface area contributed by atoms with Gasteiger partial charge in [-0.25, -0.2) is 9.97 Å². The molecular formula is C22H25N3OS2. The Balaban J connectivity index is 1.60. The number of benzene rings is 1. The van der Waals surface area contributed by atoms with E-state index < -0.39 is 0 Å². The summed E-state index contributed by atoms with van der Waals surface area (Å²) >= 11 is 3.17. The minimum Gasteiger partial charge on any atom is -0.337 e. The molecule has 146 valence electrons. The zero-order chi connectivity index (χ0) is 19.7. The lowest BCUT2D eigenvalue weighted by Gasteiger charge is -2.39. The highest BCUT2D eigenvalue weighted by Gasteiger charge is 2.29. The number of piperidine rings is 1. The number of thiophene rings is 1. The molecule has 1 aromatic carbocycles. The SMILES string of the molecule is Cc1ccc(-c2csc3ncnc(SCC(=O)N4C(C)CCCC4C)c23)cc1. The number of fused-ring (bicyclic) bond motifs is 1. The van der Waals surface area contributed by atoms with Crippen LogP contribution in [0.3, 0.4) is 0 Å². The van der Waals surface area contributed by atoms with E-state index in [2.05, 4.69) is 65.3 Å². The molecule has 0 bridgehead atoms. The molecule has 2 aromatic heterocycles. The third-order valence-electron chi connectivity index (χ3n) is 5.51. The minimum absolute atomic E-state index is 0.212. The number of likely N-dealkylation sites (tertiary alicyclic amines) is 1. The zero-order valence-corrected chi connectivity index (χ0v) is 18.1.